The van der Waals surface area contributed by atoms with Crippen LogP contribution in [0, 0.1) is 11.8 Å². The second-order valence-electron chi connectivity index (χ2n) is 9.34. The Morgan fingerprint density at radius 1 is 1.19 bits per heavy atom. The Kier molecular flexibility index (Phi) is 10.8. The van der Waals surface area contributed by atoms with Crippen LogP contribution in [0.15, 0.2) is 36.1 Å². The Morgan fingerprint density at radius 3 is 2.81 bits per heavy atom. The second kappa shape index (κ2) is 13.8. The molecule has 2 bridgehead atoms. The van der Waals surface area contributed by atoms with Crippen LogP contribution in [0.25, 0.3) is 0 Å². The summed E-state index contributed by atoms with van der Waals surface area (Å²) in [4.78, 5) is 12.4. The first kappa shape index (κ1) is 25.0. The minimum atomic E-state index is -0.111. The van der Waals surface area contributed by atoms with Gasteiger partial charge in [0.15, 0.2) is 0 Å². The number of hydrogen-bond acceptors (Lipinski definition) is 5. The standard InChI is InChI=1S/C26H42N2O4/c1-2-3-4-5-8-14-22-23(25-16-15-24(22)32-25)19-27-26(29)20-28(30)17-10-6-7-12-21-13-9-11-18-31-21/h5,8-9,11,13,22-25,30H,2-4,6-7,10,12,14-20H2,1H3,(H,27,29)/t22-,23+,24-,25+/m1/s1. The molecule has 2 N–H and O–H groups in total. The first-order chi connectivity index (χ1) is 15.7. The number of fused-ring (bicyclic) bond motifs is 2. The monoisotopic (exact) mass is 446 g/mol. The van der Waals surface area contributed by atoms with Crippen LogP contribution in [0.2, 0.25) is 0 Å². The summed E-state index contributed by atoms with van der Waals surface area (Å²) in [7, 11) is 0. The molecule has 6 nitrogen and oxygen atoms in total. The summed E-state index contributed by atoms with van der Waals surface area (Å²) >= 11 is 0. The highest BCUT2D eigenvalue weighted by Crippen LogP contribution is 2.44. The number of unbranched alkanes of at least 4 members (excludes halogenated alkanes) is 4. The molecule has 0 aromatic rings. The molecule has 180 valence electrons. The van der Waals surface area contributed by atoms with Crippen molar-refractivity contribution in [3.8, 4) is 0 Å². The number of carbonyl (C=O) groups is 1. The third-order valence-corrected chi connectivity index (χ3v) is 6.87. The molecule has 3 aliphatic rings. The topological polar surface area (TPSA) is 71.0 Å². The Morgan fingerprint density at radius 2 is 2.03 bits per heavy atom. The summed E-state index contributed by atoms with van der Waals surface area (Å²) in [6.45, 7) is 4.06. The van der Waals surface area contributed by atoms with Gasteiger partial charge in [-0.1, -0.05) is 44.4 Å². The summed E-state index contributed by atoms with van der Waals surface area (Å²) in [5.41, 5.74) is 0. The van der Waals surface area contributed by atoms with Crippen LogP contribution < -0.4 is 5.32 Å². The number of hydroxylamine groups is 2. The molecule has 0 saturated carbocycles. The van der Waals surface area contributed by atoms with Gasteiger partial charge in [0.2, 0.25) is 5.91 Å². The van der Waals surface area contributed by atoms with Crippen molar-refractivity contribution in [2.45, 2.75) is 83.3 Å². The zero-order valence-corrected chi connectivity index (χ0v) is 19.7. The molecule has 32 heavy (non-hydrogen) atoms. The molecule has 3 aliphatic heterocycles. The van der Waals surface area contributed by atoms with E-state index in [1.54, 1.807) is 0 Å². The maximum atomic E-state index is 12.4. The summed E-state index contributed by atoms with van der Waals surface area (Å²) in [5.74, 6) is 1.80. The molecular formula is C26H42N2O4. The summed E-state index contributed by atoms with van der Waals surface area (Å²) in [6, 6.07) is 0. The lowest BCUT2D eigenvalue weighted by Crippen LogP contribution is -2.42. The minimum Gasteiger partial charge on any atom is -0.494 e. The van der Waals surface area contributed by atoms with E-state index >= 15 is 0 Å². The maximum absolute atomic E-state index is 12.4. The average molecular weight is 447 g/mol. The maximum Gasteiger partial charge on any atom is 0.236 e. The number of amides is 1. The lowest BCUT2D eigenvalue weighted by atomic mass is 9.77. The van der Waals surface area contributed by atoms with E-state index in [1.807, 2.05) is 18.2 Å². The molecule has 0 aromatic carbocycles. The van der Waals surface area contributed by atoms with Crippen LogP contribution in [-0.4, -0.2) is 54.6 Å². The Labute approximate surface area is 193 Å². The van der Waals surface area contributed by atoms with Gasteiger partial charge in [0.05, 0.1) is 18.0 Å². The first-order valence-electron chi connectivity index (χ1n) is 12.7. The molecule has 4 atom stereocenters. The van der Waals surface area contributed by atoms with E-state index < -0.39 is 0 Å². The SMILES string of the molecule is CCCCC=CC[C@@H]1[C@H](CNC(=O)CN(O)CCCCCC2=CC=CCO2)[C@@H]2CC[C@H]1O2. The third-order valence-electron chi connectivity index (χ3n) is 6.87. The highest BCUT2D eigenvalue weighted by molar-refractivity contribution is 5.77. The zero-order valence-electron chi connectivity index (χ0n) is 19.7. The molecule has 6 heteroatoms. The van der Waals surface area contributed by atoms with Gasteiger partial charge in [-0.2, -0.15) is 5.06 Å². The van der Waals surface area contributed by atoms with Crippen molar-refractivity contribution < 1.29 is 19.5 Å². The lowest BCUT2D eigenvalue weighted by Gasteiger charge is -2.27. The van der Waals surface area contributed by atoms with E-state index in [0.29, 0.717) is 37.6 Å². The van der Waals surface area contributed by atoms with Crippen LogP contribution in [0.1, 0.15) is 71.1 Å². The van der Waals surface area contributed by atoms with Crippen LogP contribution >= 0.6 is 0 Å². The van der Waals surface area contributed by atoms with Gasteiger partial charge in [0, 0.05) is 25.4 Å². The molecule has 0 radical (unpaired) electrons. The van der Waals surface area contributed by atoms with Gasteiger partial charge in [-0.3, -0.25) is 4.79 Å². The fraction of sp³-hybridized carbons (Fsp3) is 0.731. The molecule has 0 spiro atoms. The zero-order chi connectivity index (χ0) is 22.6. The molecule has 0 aromatic heterocycles. The second-order valence-corrected chi connectivity index (χ2v) is 9.34. The van der Waals surface area contributed by atoms with Crippen LogP contribution in [0.5, 0.6) is 0 Å². The van der Waals surface area contributed by atoms with Crippen LogP contribution in [-0.2, 0) is 14.3 Å². The summed E-state index contributed by atoms with van der Waals surface area (Å²) in [5, 5.41) is 14.3. The van der Waals surface area contributed by atoms with Crippen molar-refractivity contribution in [2.75, 3.05) is 26.2 Å². The molecule has 0 aliphatic carbocycles. The van der Waals surface area contributed by atoms with Gasteiger partial charge in [-0.15, -0.1) is 0 Å². The molecule has 3 heterocycles. The predicted octanol–water partition coefficient (Wildman–Crippen LogP) is 4.75. The number of ether oxygens (including phenoxy) is 2. The molecule has 2 saturated heterocycles. The van der Waals surface area contributed by atoms with Crippen molar-refractivity contribution in [3.63, 3.8) is 0 Å². The Bertz CT molecular complexity index is 660. The van der Waals surface area contributed by atoms with Gasteiger partial charge < -0.3 is 20.0 Å². The summed E-state index contributed by atoms with van der Waals surface area (Å²) < 4.78 is 11.7. The highest BCUT2D eigenvalue weighted by atomic mass is 16.5. The van der Waals surface area contributed by atoms with Gasteiger partial charge in [-0.25, -0.2) is 0 Å². The molecule has 1 amide bonds. The number of hydrogen-bond donors (Lipinski definition) is 2. The number of rotatable bonds is 15. The van der Waals surface area contributed by atoms with Gasteiger partial charge in [-0.05, 0) is 56.6 Å². The van der Waals surface area contributed by atoms with E-state index in [-0.39, 0.29) is 18.6 Å². The van der Waals surface area contributed by atoms with E-state index in [9.17, 15) is 10.0 Å². The fourth-order valence-electron chi connectivity index (χ4n) is 5.07. The van der Waals surface area contributed by atoms with Gasteiger partial charge in [0.1, 0.15) is 13.2 Å². The number of nitrogens with one attached hydrogen (secondary N) is 1. The van der Waals surface area contributed by atoms with Crippen LogP contribution in [0.4, 0.5) is 0 Å². The molecule has 3 rings (SSSR count). The van der Waals surface area contributed by atoms with Crippen molar-refractivity contribution in [1.82, 2.24) is 10.4 Å². The quantitative estimate of drug-likeness (QED) is 0.216. The largest absolute Gasteiger partial charge is 0.494 e. The average Bonchev–Trinajstić information content (AvgIpc) is 3.40. The smallest absolute Gasteiger partial charge is 0.236 e. The fourth-order valence-corrected chi connectivity index (χ4v) is 5.07. The van der Waals surface area contributed by atoms with Gasteiger partial charge >= 0.3 is 0 Å². The van der Waals surface area contributed by atoms with Crippen LogP contribution in [0.3, 0.4) is 0 Å². The van der Waals surface area contributed by atoms with E-state index in [2.05, 4.69) is 24.4 Å². The third kappa shape index (κ3) is 8.05. The number of allylic oxidation sites excluding steroid dienone is 5. The first-order valence-corrected chi connectivity index (χ1v) is 12.7. The van der Waals surface area contributed by atoms with E-state index in [0.717, 1.165) is 62.2 Å². The van der Waals surface area contributed by atoms with E-state index in [1.165, 1.54) is 12.8 Å². The number of nitrogens with zero attached hydrogens (tertiary/aromatic N) is 1. The molecule has 2 fully saturated rings. The van der Waals surface area contributed by atoms with Crippen molar-refractivity contribution in [2.24, 2.45) is 11.8 Å². The highest BCUT2D eigenvalue weighted by Gasteiger charge is 2.47. The van der Waals surface area contributed by atoms with Crippen molar-refractivity contribution >= 4 is 5.91 Å². The Hall–Kier alpha value is -1.63. The predicted molar refractivity (Wildman–Crippen MR) is 126 cm³/mol. The van der Waals surface area contributed by atoms with Crippen molar-refractivity contribution in [1.29, 1.82) is 0 Å². The van der Waals surface area contributed by atoms with E-state index in [4.69, 9.17) is 9.47 Å². The molecular weight excluding hydrogens is 404 g/mol. The van der Waals surface area contributed by atoms with Gasteiger partial charge in [0.25, 0.3) is 0 Å². The normalized spacial score (nSPS) is 26.7. The lowest BCUT2D eigenvalue weighted by molar-refractivity contribution is -0.138. The minimum absolute atomic E-state index is 0.0301. The number of carbonyl (C=O) groups excluding carboxylic acids is 1. The van der Waals surface area contributed by atoms with Crippen molar-refractivity contribution in [3.05, 3.63) is 36.1 Å². The molecule has 0 unspecified atom stereocenters. The summed E-state index contributed by atoms with van der Waals surface area (Å²) in [6.07, 6.45) is 22.0. The Balaban J connectivity index is 1.28.